The van der Waals surface area contributed by atoms with Crippen molar-refractivity contribution in [1.29, 1.82) is 0 Å². The maximum Gasteiger partial charge on any atom is 0.119 e. The molecule has 0 bridgehead atoms. The summed E-state index contributed by atoms with van der Waals surface area (Å²) in [6.07, 6.45) is 1.14. The first kappa shape index (κ1) is 8.57. The van der Waals surface area contributed by atoms with E-state index in [1.807, 2.05) is 0 Å². The molecule has 1 N–H and O–H groups in total. The van der Waals surface area contributed by atoms with Crippen LogP contribution in [0.5, 0.6) is 5.75 Å². The van der Waals surface area contributed by atoms with E-state index in [1.165, 1.54) is 16.7 Å². The lowest BCUT2D eigenvalue weighted by atomic mass is 9.96. The van der Waals surface area contributed by atoms with Gasteiger partial charge >= 0.3 is 0 Å². The Labute approximate surface area is 78.9 Å². The summed E-state index contributed by atoms with van der Waals surface area (Å²) in [6.45, 7) is 4.24. The summed E-state index contributed by atoms with van der Waals surface area (Å²) in [6, 6.07) is 4.25. The van der Waals surface area contributed by atoms with Gasteiger partial charge in [0.2, 0.25) is 0 Å². The molecule has 0 fully saturated rings. The Kier molecular flexibility index (Phi) is 2.23. The first-order valence-corrected chi connectivity index (χ1v) is 4.68. The molecular formula is C11H15NO. The molecule has 0 unspecified atom stereocenters. The standard InChI is InChI=1S/C11H15NO/c1-8-5-10(13-2)6-9-7-12-4-3-11(8)9/h5-6,12H,3-4,7H2,1-2H3. The Bertz CT molecular complexity index is 320. The molecule has 0 aromatic heterocycles. The fourth-order valence-corrected chi connectivity index (χ4v) is 1.92. The van der Waals surface area contributed by atoms with Gasteiger partial charge in [0.25, 0.3) is 0 Å². The first-order chi connectivity index (χ1) is 6.31. The highest BCUT2D eigenvalue weighted by molar-refractivity contribution is 5.42. The fourth-order valence-electron chi connectivity index (χ4n) is 1.92. The van der Waals surface area contributed by atoms with Gasteiger partial charge in [0.05, 0.1) is 7.11 Å². The Balaban J connectivity index is 2.47. The average Bonchev–Trinajstić information content (AvgIpc) is 2.18. The zero-order valence-corrected chi connectivity index (χ0v) is 8.18. The number of methoxy groups -OCH3 is 1. The fraction of sp³-hybridized carbons (Fsp3) is 0.455. The van der Waals surface area contributed by atoms with Crippen LogP contribution in [-0.2, 0) is 13.0 Å². The molecule has 1 heterocycles. The van der Waals surface area contributed by atoms with E-state index in [1.54, 1.807) is 7.11 Å². The lowest BCUT2D eigenvalue weighted by Crippen LogP contribution is -2.24. The molecule has 0 radical (unpaired) electrons. The number of hydrogen-bond donors (Lipinski definition) is 1. The predicted octanol–water partition coefficient (Wildman–Crippen LogP) is 1.65. The topological polar surface area (TPSA) is 21.3 Å². The van der Waals surface area contributed by atoms with Gasteiger partial charge in [-0.3, -0.25) is 0 Å². The Hall–Kier alpha value is -1.02. The second-order valence-electron chi connectivity index (χ2n) is 3.51. The summed E-state index contributed by atoms with van der Waals surface area (Å²) in [5.74, 6) is 0.972. The van der Waals surface area contributed by atoms with Gasteiger partial charge in [-0.1, -0.05) is 0 Å². The molecule has 13 heavy (non-hydrogen) atoms. The van der Waals surface area contributed by atoms with E-state index in [0.29, 0.717) is 0 Å². The molecule has 1 aliphatic rings. The van der Waals surface area contributed by atoms with Crippen molar-refractivity contribution in [3.05, 3.63) is 28.8 Å². The Morgan fingerprint density at radius 1 is 1.38 bits per heavy atom. The number of rotatable bonds is 1. The summed E-state index contributed by atoms with van der Waals surface area (Å²) in [7, 11) is 1.72. The smallest absolute Gasteiger partial charge is 0.119 e. The van der Waals surface area contributed by atoms with Crippen LogP contribution < -0.4 is 10.1 Å². The molecule has 2 nitrogen and oxygen atoms in total. The molecule has 1 aromatic carbocycles. The first-order valence-electron chi connectivity index (χ1n) is 4.68. The van der Waals surface area contributed by atoms with Gasteiger partial charge < -0.3 is 10.1 Å². The van der Waals surface area contributed by atoms with Crippen LogP contribution in [0.25, 0.3) is 0 Å². The molecule has 0 spiro atoms. The number of ether oxygens (including phenoxy) is 1. The maximum absolute atomic E-state index is 5.23. The molecule has 0 amide bonds. The van der Waals surface area contributed by atoms with Crippen LogP contribution in [0.1, 0.15) is 16.7 Å². The minimum absolute atomic E-state index is 0.972. The molecule has 70 valence electrons. The van der Waals surface area contributed by atoms with Gasteiger partial charge in [-0.2, -0.15) is 0 Å². The molecule has 0 atom stereocenters. The Morgan fingerprint density at radius 2 is 2.23 bits per heavy atom. The SMILES string of the molecule is COc1cc(C)c2c(c1)CNCC2. The number of hydrogen-bond acceptors (Lipinski definition) is 2. The predicted molar refractivity (Wildman–Crippen MR) is 53.1 cm³/mol. The summed E-state index contributed by atoms with van der Waals surface area (Å²) >= 11 is 0. The van der Waals surface area contributed by atoms with Gasteiger partial charge in [0.1, 0.15) is 5.75 Å². The van der Waals surface area contributed by atoms with Crippen molar-refractivity contribution in [2.45, 2.75) is 19.9 Å². The van der Waals surface area contributed by atoms with Crippen molar-refractivity contribution in [2.75, 3.05) is 13.7 Å². The van der Waals surface area contributed by atoms with Crippen molar-refractivity contribution in [2.24, 2.45) is 0 Å². The van der Waals surface area contributed by atoms with E-state index in [0.717, 1.165) is 25.3 Å². The maximum atomic E-state index is 5.23. The largest absolute Gasteiger partial charge is 0.497 e. The van der Waals surface area contributed by atoms with Gasteiger partial charge in [-0.15, -0.1) is 0 Å². The third-order valence-electron chi connectivity index (χ3n) is 2.64. The van der Waals surface area contributed by atoms with Gasteiger partial charge in [0, 0.05) is 6.54 Å². The van der Waals surface area contributed by atoms with Crippen LogP contribution in [0.3, 0.4) is 0 Å². The van der Waals surface area contributed by atoms with E-state index in [9.17, 15) is 0 Å². The number of benzene rings is 1. The average molecular weight is 177 g/mol. The second-order valence-corrected chi connectivity index (χ2v) is 3.51. The molecule has 2 rings (SSSR count). The van der Waals surface area contributed by atoms with E-state index < -0.39 is 0 Å². The van der Waals surface area contributed by atoms with Gasteiger partial charge in [0.15, 0.2) is 0 Å². The molecule has 2 heteroatoms. The molecule has 0 aliphatic carbocycles. The minimum Gasteiger partial charge on any atom is -0.497 e. The third-order valence-corrected chi connectivity index (χ3v) is 2.64. The number of nitrogens with one attached hydrogen (secondary N) is 1. The highest BCUT2D eigenvalue weighted by Crippen LogP contribution is 2.24. The van der Waals surface area contributed by atoms with Gasteiger partial charge in [-0.25, -0.2) is 0 Å². The highest BCUT2D eigenvalue weighted by atomic mass is 16.5. The van der Waals surface area contributed by atoms with Crippen molar-refractivity contribution in [1.82, 2.24) is 5.32 Å². The second kappa shape index (κ2) is 3.38. The number of fused-ring (bicyclic) bond motifs is 1. The summed E-state index contributed by atoms with van der Waals surface area (Å²) < 4.78 is 5.23. The monoisotopic (exact) mass is 177 g/mol. The Morgan fingerprint density at radius 3 is 3.00 bits per heavy atom. The molecular weight excluding hydrogens is 162 g/mol. The summed E-state index contributed by atoms with van der Waals surface area (Å²) in [5, 5.41) is 3.36. The molecule has 1 aromatic rings. The van der Waals surface area contributed by atoms with Crippen molar-refractivity contribution >= 4 is 0 Å². The van der Waals surface area contributed by atoms with Crippen LogP contribution in [-0.4, -0.2) is 13.7 Å². The van der Waals surface area contributed by atoms with Crippen molar-refractivity contribution in [3.63, 3.8) is 0 Å². The lowest BCUT2D eigenvalue weighted by Gasteiger charge is -2.20. The van der Waals surface area contributed by atoms with Crippen molar-refractivity contribution in [3.8, 4) is 5.75 Å². The normalized spacial score (nSPS) is 15.2. The van der Waals surface area contributed by atoms with Crippen LogP contribution in [0.4, 0.5) is 0 Å². The molecule has 0 saturated heterocycles. The zero-order valence-electron chi connectivity index (χ0n) is 8.18. The van der Waals surface area contributed by atoms with Crippen LogP contribution in [0.15, 0.2) is 12.1 Å². The molecule has 0 saturated carbocycles. The lowest BCUT2D eigenvalue weighted by molar-refractivity contribution is 0.413. The minimum atomic E-state index is 0.972. The van der Waals surface area contributed by atoms with Crippen molar-refractivity contribution < 1.29 is 4.74 Å². The summed E-state index contributed by atoms with van der Waals surface area (Å²) in [5.41, 5.74) is 4.25. The van der Waals surface area contributed by atoms with E-state index in [4.69, 9.17) is 4.74 Å². The number of aryl methyl sites for hydroxylation is 1. The van der Waals surface area contributed by atoms with E-state index in [2.05, 4.69) is 24.4 Å². The quantitative estimate of drug-likeness (QED) is 0.704. The van der Waals surface area contributed by atoms with E-state index in [-0.39, 0.29) is 0 Å². The zero-order chi connectivity index (χ0) is 9.26. The molecule has 1 aliphatic heterocycles. The van der Waals surface area contributed by atoms with Gasteiger partial charge in [-0.05, 0) is 48.7 Å². The third kappa shape index (κ3) is 1.54. The van der Waals surface area contributed by atoms with Crippen LogP contribution >= 0.6 is 0 Å². The highest BCUT2D eigenvalue weighted by Gasteiger charge is 2.11. The van der Waals surface area contributed by atoms with Crippen LogP contribution in [0.2, 0.25) is 0 Å². The van der Waals surface area contributed by atoms with E-state index >= 15 is 0 Å². The van der Waals surface area contributed by atoms with Crippen LogP contribution in [0, 0.1) is 6.92 Å². The summed E-state index contributed by atoms with van der Waals surface area (Å²) in [4.78, 5) is 0.